The second kappa shape index (κ2) is 7.84. The van der Waals surface area contributed by atoms with Crippen LogP contribution in [0.5, 0.6) is 0 Å². The lowest BCUT2D eigenvalue weighted by Gasteiger charge is -2.09. The molecule has 0 spiro atoms. The molecule has 0 unspecified atom stereocenters. The van der Waals surface area contributed by atoms with E-state index in [0.29, 0.717) is 17.3 Å². The molecule has 2 heterocycles. The fraction of sp³-hybridized carbons (Fsp3) is 0.150. The number of benzene rings is 2. The Labute approximate surface area is 173 Å². The number of nitrogens with zero attached hydrogens (tertiary/aromatic N) is 4. The number of hydrogen-bond acceptors (Lipinski definition) is 6. The first kappa shape index (κ1) is 19.4. The maximum Gasteiger partial charge on any atom is 0.261 e. The summed E-state index contributed by atoms with van der Waals surface area (Å²) in [5.74, 6) is 1.25. The molecule has 7 nitrogen and oxygen atoms in total. The van der Waals surface area contributed by atoms with E-state index in [9.17, 15) is 8.42 Å². The van der Waals surface area contributed by atoms with Crippen molar-refractivity contribution in [1.29, 1.82) is 0 Å². The molecule has 0 aliphatic carbocycles. The molecule has 0 radical (unpaired) electrons. The van der Waals surface area contributed by atoms with Crippen LogP contribution >= 0.6 is 11.8 Å². The van der Waals surface area contributed by atoms with Crippen LogP contribution in [0.25, 0.3) is 5.78 Å². The van der Waals surface area contributed by atoms with Gasteiger partial charge in [-0.05, 0) is 55.8 Å². The van der Waals surface area contributed by atoms with Gasteiger partial charge in [-0.2, -0.15) is 9.50 Å². The van der Waals surface area contributed by atoms with Gasteiger partial charge in [0.15, 0.2) is 0 Å². The van der Waals surface area contributed by atoms with Crippen molar-refractivity contribution in [3.05, 3.63) is 72.2 Å². The second-order valence-electron chi connectivity index (χ2n) is 6.36. The minimum Gasteiger partial charge on any atom is -0.280 e. The highest BCUT2D eigenvalue weighted by atomic mass is 32.2. The van der Waals surface area contributed by atoms with Crippen LogP contribution in [-0.4, -0.2) is 28.0 Å². The van der Waals surface area contributed by atoms with Crippen LogP contribution in [0.1, 0.15) is 18.4 Å². The first-order chi connectivity index (χ1) is 13.9. The Morgan fingerprint density at radius 1 is 1.03 bits per heavy atom. The number of sulfonamides is 1. The third-order valence-corrected chi connectivity index (χ3v) is 6.59. The number of aryl methyl sites for hydroxylation is 2. The van der Waals surface area contributed by atoms with Gasteiger partial charge in [-0.15, -0.1) is 5.10 Å². The maximum atomic E-state index is 12.5. The fourth-order valence-corrected chi connectivity index (χ4v) is 4.77. The highest BCUT2D eigenvalue weighted by Gasteiger charge is 2.14. The van der Waals surface area contributed by atoms with Gasteiger partial charge in [-0.3, -0.25) is 4.72 Å². The van der Waals surface area contributed by atoms with Gasteiger partial charge in [0.1, 0.15) is 10.9 Å². The number of rotatable bonds is 6. The maximum absolute atomic E-state index is 12.5. The molecule has 0 aliphatic rings. The number of nitrogens with one attached hydrogen (secondary N) is 1. The molecule has 29 heavy (non-hydrogen) atoms. The minimum atomic E-state index is -3.61. The zero-order chi connectivity index (χ0) is 20.4. The molecule has 2 aromatic heterocycles. The van der Waals surface area contributed by atoms with Crippen LogP contribution in [0.2, 0.25) is 0 Å². The lowest BCUT2D eigenvalue weighted by molar-refractivity contribution is 0.601. The van der Waals surface area contributed by atoms with Crippen molar-refractivity contribution >= 4 is 33.3 Å². The van der Waals surface area contributed by atoms with E-state index in [-0.39, 0.29) is 4.90 Å². The lowest BCUT2D eigenvalue weighted by atomic mass is 10.3. The van der Waals surface area contributed by atoms with E-state index in [4.69, 9.17) is 0 Å². The van der Waals surface area contributed by atoms with Crippen molar-refractivity contribution in [1.82, 2.24) is 19.6 Å². The van der Waals surface area contributed by atoms with Crippen LogP contribution in [0.4, 0.5) is 5.69 Å². The zero-order valence-electron chi connectivity index (χ0n) is 15.9. The zero-order valence-corrected chi connectivity index (χ0v) is 17.5. The van der Waals surface area contributed by atoms with Crippen LogP contribution < -0.4 is 4.72 Å². The molecule has 0 amide bonds. The topological polar surface area (TPSA) is 89.2 Å². The highest BCUT2D eigenvalue weighted by Crippen LogP contribution is 2.29. The summed E-state index contributed by atoms with van der Waals surface area (Å²) in [4.78, 5) is 10.0. The van der Waals surface area contributed by atoms with Gasteiger partial charge in [0.2, 0.25) is 0 Å². The summed E-state index contributed by atoms with van der Waals surface area (Å²) in [5, 5.41) is 5.32. The Morgan fingerprint density at radius 3 is 2.45 bits per heavy atom. The smallest absolute Gasteiger partial charge is 0.261 e. The first-order valence-corrected chi connectivity index (χ1v) is 11.3. The summed E-state index contributed by atoms with van der Waals surface area (Å²) in [6.07, 6.45) is 0.802. The van der Waals surface area contributed by atoms with Crippen molar-refractivity contribution in [2.45, 2.75) is 35.1 Å². The third-order valence-electron chi connectivity index (χ3n) is 4.18. The van der Waals surface area contributed by atoms with E-state index in [1.54, 1.807) is 47.0 Å². The lowest BCUT2D eigenvalue weighted by Crippen LogP contribution is -2.12. The third kappa shape index (κ3) is 4.25. The Hall–Kier alpha value is -2.91. The summed E-state index contributed by atoms with van der Waals surface area (Å²) >= 11 is 1.53. The van der Waals surface area contributed by atoms with E-state index in [1.807, 2.05) is 32.0 Å². The molecule has 4 aromatic rings. The van der Waals surface area contributed by atoms with Crippen molar-refractivity contribution in [2.24, 2.45) is 0 Å². The molecule has 0 saturated heterocycles. The number of aromatic nitrogens is 4. The molecule has 0 atom stereocenters. The molecule has 148 valence electrons. The molecular formula is C20H19N5O2S2. The summed E-state index contributed by atoms with van der Waals surface area (Å²) in [5.41, 5.74) is 1.45. The quantitative estimate of drug-likeness (QED) is 0.471. The number of fused-ring (bicyclic) bond motifs is 1. The van der Waals surface area contributed by atoms with E-state index in [0.717, 1.165) is 22.0 Å². The number of hydrogen-bond donors (Lipinski definition) is 1. The minimum absolute atomic E-state index is 0.228. The van der Waals surface area contributed by atoms with Crippen molar-refractivity contribution < 1.29 is 8.42 Å². The van der Waals surface area contributed by atoms with Gasteiger partial charge in [0.05, 0.1) is 4.90 Å². The molecule has 0 fully saturated rings. The average molecular weight is 426 g/mol. The molecule has 0 aliphatic heterocycles. The summed E-state index contributed by atoms with van der Waals surface area (Å²) in [6, 6.07) is 17.5. The van der Waals surface area contributed by atoms with Crippen LogP contribution in [-0.2, 0) is 16.4 Å². The average Bonchev–Trinajstić information content (AvgIpc) is 3.10. The van der Waals surface area contributed by atoms with Gasteiger partial charge in [0.25, 0.3) is 15.8 Å². The standard InChI is InChI=1S/C20H19N5O2S2/c1-3-15-13-19(25-20(22-15)21-14(2)23-25)28-17-11-9-16(10-12-17)24-29(26,27)18-7-5-4-6-8-18/h4-13,24H,3H2,1-2H3. The van der Waals surface area contributed by atoms with Gasteiger partial charge in [0, 0.05) is 16.3 Å². The van der Waals surface area contributed by atoms with Gasteiger partial charge in [-0.1, -0.05) is 36.9 Å². The summed E-state index contributed by atoms with van der Waals surface area (Å²) < 4.78 is 29.2. The SMILES string of the molecule is CCc1cc(Sc2ccc(NS(=O)(=O)c3ccccc3)cc2)n2nc(C)nc2n1. The summed E-state index contributed by atoms with van der Waals surface area (Å²) in [6.45, 7) is 3.88. The van der Waals surface area contributed by atoms with Crippen LogP contribution in [0.15, 0.2) is 75.5 Å². The Kier molecular flexibility index (Phi) is 5.25. The van der Waals surface area contributed by atoms with Crippen molar-refractivity contribution in [3.8, 4) is 0 Å². The largest absolute Gasteiger partial charge is 0.280 e. The molecule has 4 rings (SSSR count). The Morgan fingerprint density at radius 2 is 1.76 bits per heavy atom. The van der Waals surface area contributed by atoms with Gasteiger partial charge >= 0.3 is 0 Å². The van der Waals surface area contributed by atoms with Crippen LogP contribution in [0.3, 0.4) is 0 Å². The van der Waals surface area contributed by atoms with E-state index >= 15 is 0 Å². The Bertz CT molecular complexity index is 1250. The fourth-order valence-electron chi connectivity index (χ4n) is 2.77. The second-order valence-corrected chi connectivity index (χ2v) is 9.13. The molecule has 2 aromatic carbocycles. The van der Waals surface area contributed by atoms with Crippen molar-refractivity contribution in [3.63, 3.8) is 0 Å². The van der Waals surface area contributed by atoms with Gasteiger partial charge in [-0.25, -0.2) is 13.4 Å². The molecule has 0 bridgehead atoms. The van der Waals surface area contributed by atoms with E-state index in [2.05, 4.69) is 19.8 Å². The van der Waals surface area contributed by atoms with E-state index < -0.39 is 10.0 Å². The normalized spacial score (nSPS) is 11.7. The first-order valence-electron chi connectivity index (χ1n) is 9.04. The summed E-state index contributed by atoms with van der Waals surface area (Å²) in [7, 11) is -3.61. The highest BCUT2D eigenvalue weighted by molar-refractivity contribution is 7.99. The Balaban J connectivity index is 1.57. The van der Waals surface area contributed by atoms with Crippen molar-refractivity contribution in [2.75, 3.05) is 4.72 Å². The van der Waals surface area contributed by atoms with E-state index in [1.165, 1.54) is 11.8 Å². The van der Waals surface area contributed by atoms with Crippen LogP contribution in [0, 0.1) is 6.92 Å². The van der Waals surface area contributed by atoms with Gasteiger partial charge < -0.3 is 0 Å². The molecule has 9 heteroatoms. The molecular weight excluding hydrogens is 406 g/mol. The molecule has 0 saturated carbocycles. The predicted molar refractivity (Wildman–Crippen MR) is 113 cm³/mol. The number of anilines is 1. The predicted octanol–water partition coefficient (Wildman–Crippen LogP) is 3.95. The monoisotopic (exact) mass is 425 g/mol. The molecule has 1 N–H and O–H groups in total.